The number of benzene rings is 2. The average Bonchev–Trinajstić information content (AvgIpc) is 2.89. The fourth-order valence-electron chi connectivity index (χ4n) is 3.60. The van der Waals surface area contributed by atoms with Crippen LogP contribution in [0.4, 0.5) is 22.7 Å². The number of nitrogens with one attached hydrogen (secondary N) is 2. The largest absolute Gasteiger partial charge is 0.495 e. The Labute approximate surface area is 206 Å². The van der Waals surface area contributed by atoms with E-state index < -0.39 is 11.9 Å². The Morgan fingerprint density at radius 1 is 0.667 bits per heavy atom. The second-order valence-electron chi connectivity index (χ2n) is 7.53. The Hall–Kier alpha value is -5.12. The number of nitrogens with zero attached hydrogens (tertiary/aromatic N) is 2. The average molecular weight is 486 g/mol. The lowest BCUT2D eigenvalue weighted by Gasteiger charge is -2.16. The smallest absolute Gasteiger partial charge is 0.337 e. The predicted octanol–water partition coefficient (Wildman–Crippen LogP) is 5.04. The molecule has 4 rings (SSSR count). The first-order valence-electron chi connectivity index (χ1n) is 10.7. The molecule has 0 saturated heterocycles. The van der Waals surface area contributed by atoms with E-state index in [4.69, 9.17) is 9.47 Å². The third-order valence-electron chi connectivity index (χ3n) is 5.38. The summed E-state index contributed by atoms with van der Waals surface area (Å²) in [4.78, 5) is 31.0. The van der Waals surface area contributed by atoms with E-state index in [0.29, 0.717) is 34.2 Å². The van der Waals surface area contributed by atoms with Crippen LogP contribution in [0.25, 0.3) is 11.1 Å². The van der Waals surface area contributed by atoms with Gasteiger partial charge in [0.05, 0.1) is 60.5 Å². The van der Waals surface area contributed by atoms with Gasteiger partial charge in [0.1, 0.15) is 11.5 Å². The van der Waals surface area contributed by atoms with Gasteiger partial charge in [0.15, 0.2) is 0 Å². The molecule has 10 heteroatoms. The molecule has 36 heavy (non-hydrogen) atoms. The summed E-state index contributed by atoms with van der Waals surface area (Å²) in [6.45, 7) is 0. The summed E-state index contributed by atoms with van der Waals surface area (Å²) in [6.07, 6.45) is 5.70. The van der Waals surface area contributed by atoms with Gasteiger partial charge in [-0.25, -0.2) is 9.59 Å². The number of ether oxygens (including phenoxy) is 2. The van der Waals surface area contributed by atoms with Gasteiger partial charge >= 0.3 is 11.9 Å². The van der Waals surface area contributed by atoms with Crippen molar-refractivity contribution in [2.75, 3.05) is 24.9 Å². The summed E-state index contributed by atoms with van der Waals surface area (Å²) in [5.74, 6) is -1.15. The molecular formula is C26H22N4O6. The van der Waals surface area contributed by atoms with E-state index in [9.17, 15) is 19.8 Å². The molecule has 4 N–H and O–H groups in total. The molecule has 0 radical (unpaired) electrons. The summed E-state index contributed by atoms with van der Waals surface area (Å²) >= 11 is 0. The van der Waals surface area contributed by atoms with Crippen molar-refractivity contribution in [2.24, 2.45) is 0 Å². The standard InChI is InChI=1S/C26H22N4O6/c1-35-23-11-15(3-5-19(23)29-21-13-27-9-7-17(21)25(31)32)16-4-6-20(24(12-16)36-2)30-22-14-28-10-8-18(22)26(33)34/h3-14,29-30H,1-2H3,(H,31,32)(H,33,34). The molecule has 182 valence electrons. The number of carboxylic acid groups (broad SMARTS) is 2. The second-order valence-corrected chi connectivity index (χ2v) is 7.53. The molecule has 2 heterocycles. The normalized spacial score (nSPS) is 10.4. The number of rotatable bonds is 9. The number of hydrogen-bond acceptors (Lipinski definition) is 8. The second kappa shape index (κ2) is 10.4. The molecule has 0 bridgehead atoms. The van der Waals surface area contributed by atoms with Crippen molar-refractivity contribution < 1.29 is 29.3 Å². The number of aromatic nitrogens is 2. The molecule has 0 fully saturated rings. The number of methoxy groups -OCH3 is 2. The topological polar surface area (TPSA) is 143 Å². The molecule has 0 aliphatic heterocycles. The Balaban J connectivity index is 1.64. The van der Waals surface area contributed by atoms with Gasteiger partial charge in [0.25, 0.3) is 0 Å². The first-order chi connectivity index (χ1) is 17.4. The van der Waals surface area contributed by atoms with Crippen molar-refractivity contribution in [1.29, 1.82) is 0 Å². The predicted molar refractivity (Wildman–Crippen MR) is 134 cm³/mol. The first-order valence-corrected chi connectivity index (χ1v) is 10.7. The van der Waals surface area contributed by atoms with E-state index in [1.54, 1.807) is 12.1 Å². The molecule has 0 aliphatic carbocycles. The van der Waals surface area contributed by atoms with Gasteiger partial charge in [-0.2, -0.15) is 0 Å². The van der Waals surface area contributed by atoms with Crippen molar-refractivity contribution in [1.82, 2.24) is 9.97 Å². The fourth-order valence-corrected chi connectivity index (χ4v) is 3.60. The maximum absolute atomic E-state index is 11.5. The molecular weight excluding hydrogens is 464 g/mol. The fraction of sp³-hybridized carbons (Fsp3) is 0.0769. The first kappa shape index (κ1) is 24.0. The van der Waals surface area contributed by atoms with E-state index in [1.807, 2.05) is 24.3 Å². The van der Waals surface area contributed by atoms with Crippen LogP contribution in [0.1, 0.15) is 20.7 Å². The van der Waals surface area contributed by atoms with Crippen molar-refractivity contribution in [3.05, 3.63) is 84.4 Å². The molecule has 0 amide bonds. The van der Waals surface area contributed by atoms with Crippen molar-refractivity contribution in [3.8, 4) is 22.6 Å². The monoisotopic (exact) mass is 486 g/mol. The van der Waals surface area contributed by atoms with Gasteiger partial charge in [0.2, 0.25) is 0 Å². The molecule has 0 aliphatic rings. The third kappa shape index (κ3) is 5.02. The van der Waals surface area contributed by atoms with Crippen LogP contribution in [0.3, 0.4) is 0 Å². The van der Waals surface area contributed by atoms with Crippen LogP contribution in [0.5, 0.6) is 11.5 Å². The number of carboxylic acids is 2. The van der Waals surface area contributed by atoms with Crippen LogP contribution in [-0.2, 0) is 0 Å². The van der Waals surface area contributed by atoms with E-state index >= 15 is 0 Å². The zero-order valence-corrected chi connectivity index (χ0v) is 19.4. The highest BCUT2D eigenvalue weighted by atomic mass is 16.5. The van der Waals surface area contributed by atoms with Crippen molar-refractivity contribution in [3.63, 3.8) is 0 Å². The summed E-state index contributed by atoms with van der Waals surface area (Å²) < 4.78 is 11.1. The van der Waals surface area contributed by atoms with Gasteiger partial charge in [-0.05, 0) is 47.5 Å². The van der Waals surface area contributed by atoms with Crippen LogP contribution < -0.4 is 20.1 Å². The number of hydrogen-bond donors (Lipinski definition) is 4. The van der Waals surface area contributed by atoms with E-state index in [1.165, 1.54) is 51.1 Å². The number of carbonyl (C=O) groups is 2. The molecule has 2 aromatic carbocycles. The third-order valence-corrected chi connectivity index (χ3v) is 5.38. The van der Waals surface area contributed by atoms with Crippen LogP contribution in [0.15, 0.2) is 73.3 Å². The minimum atomic E-state index is -1.07. The Morgan fingerprint density at radius 3 is 1.44 bits per heavy atom. The molecule has 0 spiro atoms. The maximum atomic E-state index is 11.5. The number of aromatic carboxylic acids is 2. The zero-order valence-electron chi connectivity index (χ0n) is 19.4. The Morgan fingerprint density at radius 2 is 1.08 bits per heavy atom. The summed E-state index contributed by atoms with van der Waals surface area (Å²) in [5.41, 5.74) is 3.62. The minimum Gasteiger partial charge on any atom is -0.495 e. The highest BCUT2D eigenvalue weighted by Gasteiger charge is 2.15. The van der Waals surface area contributed by atoms with Crippen LogP contribution in [0.2, 0.25) is 0 Å². The Kier molecular flexibility index (Phi) is 6.96. The molecule has 0 unspecified atom stereocenters. The van der Waals surface area contributed by atoms with Gasteiger partial charge in [-0.15, -0.1) is 0 Å². The van der Waals surface area contributed by atoms with Crippen molar-refractivity contribution >= 4 is 34.7 Å². The molecule has 0 saturated carbocycles. The molecule has 2 aromatic heterocycles. The lowest BCUT2D eigenvalue weighted by molar-refractivity contribution is 0.0687. The summed E-state index contributed by atoms with van der Waals surface area (Å²) in [7, 11) is 3.04. The van der Waals surface area contributed by atoms with E-state index in [2.05, 4.69) is 20.6 Å². The highest BCUT2D eigenvalue weighted by Crippen LogP contribution is 2.37. The van der Waals surface area contributed by atoms with Gasteiger partial charge in [0, 0.05) is 12.4 Å². The summed E-state index contributed by atoms with van der Waals surface area (Å²) in [5, 5.41) is 25.0. The number of anilines is 4. The SMILES string of the molecule is COc1cc(-c2ccc(Nc3cnccc3C(=O)O)c(OC)c2)ccc1Nc1cnccc1C(=O)O. The molecule has 10 nitrogen and oxygen atoms in total. The minimum absolute atomic E-state index is 0.0867. The van der Waals surface area contributed by atoms with Gasteiger partial charge < -0.3 is 30.3 Å². The van der Waals surface area contributed by atoms with E-state index in [-0.39, 0.29) is 11.1 Å². The zero-order chi connectivity index (χ0) is 25.7. The lowest BCUT2D eigenvalue weighted by Crippen LogP contribution is -2.04. The van der Waals surface area contributed by atoms with Gasteiger partial charge in [-0.1, -0.05) is 12.1 Å². The number of pyridine rings is 2. The molecule has 4 aromatic rings. The summed E-state index contributed by atoms with van der Waals surface area (Å²) in [6, 6.07) is 13.7. The lowest BCUT2D eigenvalue weighted by atomic mass is 10.0. The molecule has 0 atom stereocenters. The van der Waals surface area contributed by atoms with Gasteiger partial charge in [-0.3, -0.25) is 9.97 Å². The highest BCUT2D eigenvalue weighted by molar-refractivity contribution is 5.96. The van der Waals surface area contributed by atoms with Crippen LogP contribution in [-0.4, -0.2) is 46.3 Å². The quantitative estimate of drug-likeness (QED) is 0.254. The van der Waals surface area contributed by atoms with E-state index in [0.717, 1.165) is 11.1 Å². The Bertz CT molecular complexity index is 1330. The maximum Gasteiger partial charge on any atom is 0.337 e. The van der Waals surface area contributed by atoms with Crippen molar-refractivity contribution in [2.45, 2.75) is 0 Å². The van der Waals surface area contributed by atoms with Crippen LogP contribution >= 0.6 is 0 Å². The van der Waals surface area contributed by atoms with Crippen LogP contribution in [0, 0.1) is 0 Å².